The molecule has 0 radical (unpaired) electrons. The van der Waals surface area contributed by atoms with E-state index in [-0.39, 0.29) is 30.8 Å². The minimum Gasteiger partial charge on any atom is -0.497 e. The number of methoxy groups -OCH3 is 2. The smallest absolute Gasteiger partial charge is 0.256 e. The molecule has 0 saturated carbocycles. The van der Waals surface area contributed by atoms with Crippen molar-refractivity contribution in [2.45, 2.75) is 25.0 Å². The van der Waals surface area contributed by atoms with Crippen LogP contribution in [0.25, 0.3) is 0 Å². The van der Waals surface area contributed by atoms with Crippen LogP contribution in [0, 0.1) is 0 Å². The van der Waals surface area contributed by atoms with E-state index >= 15 is 0 Å². The largest absolute Gasteiger partial charge is 0.497 e. The molecule has 0 spiro atoms. The van der Waals surface area contributed by atoms with Gasteiger partial charge in [-0.3, -0.25) is 19.4 Å². The van der Waals surface area contributed by atoms with Crippen LogP contribution in [0.1, 0.15) is 32.7 Å². The highest BCUT2D eigenvalue weighted by Gasteiger charge is 2.45. The molecule has 41 heavy (non-hydrogen) atoms. The summed E-state index contributed by atoms with van der Waals surface area (Å²) >= 11 is 0. The SMILES string of the molecule is COc1ccc(C(=O)N(Cc2cccc(OC)c2)C2CC(C(=O)N3CCNCC3)N(C(=O)c3cccnc3)C2)cc1. The van der Waals surface area contributed by atoms with Gasteiger partial charge in [-0.25, -0.2) is 0 Å². The molecule has 2 aliphatic heterocycles. The molecule has 5 rings (SSSR count). The fourth-order valence-corrected chi connectivity index (χ4v) is 5.48. The number of hydrogen-bond acceptors (Lipinski definition) is 7. The Kier molecular flexibility index (Phi) is 8.79. The molecule has 2 saturated heterocycles. The van der Waals surface area contributed by atoms with E-state index in [9.17, 15) is 14.4 Å². The number of aromatic nitrogens is 1. The second-order valence-corrected chi connectivity index (χ2v) is 10.2. The van der Waals surface area contributed by atoms with Gasteiger partial charge in [0.05, 0.1) is 25.8 Å². The molecule has 1 aromatic heterocycles. The topological polar surface area (TPSA) is 104 Å². The predicted octanol–water partition coefficient (Wildman–Crippen LogP) is 2.46. The number of hydrogen-bond donors (Lipinski definition) is 1. The summed E-state index contributed by atoms with van der Waals surface area (Å²) in [6.45, 7) is 3.07. The average molecular weight is 558 g/mol. The van der Waals surface area contributed by atoms with E-state index in [0.717, 1.165) is 5.56 Å². The van der Waals surface area contributed by atoms with E-state index in [1.165, 1.54) is 6.20 Å². The lowest BCUT2D eigenvalue weighted by molar-refractivity contribution is -0.135. The maximum atomic E-state index is 14.1. The Balaban J connectivity index is 1.49. The number of amides is 3. The Labute approximate surface area is 239 Å². The molecule has 2 aromatic carbocycles. The molecule has 10 nitrogen and oxygen atoms in total. The van der Waals surface area contributed by atoms with Gasteiger partial charge >= 0.3 is 0 Å². The highest BCUT2D eigenvalue weighted by molar-refractivity contribution is 5.98. The molecule has 3 amide bonds. The summed E-state index contributed by atoms with van der Waals surface area (Å²) < 4.78 is 10.7. The van der Waals surface area contributed by atoms with Crippen LogP contribution in [0.2, 0.25) is 0 Å². The maximum absolute atomic E-state index is 14.1. The summed E-state index contributed by atoms with van der Waals surface area (Å²) in [5, 5.41) is 3.27. The number of carbonyl (C=O) groups excluding carboxylic acids is 3. The Morgan fingerprint density at radius 3 is 2.39 bits per heavy atom. The van der Waals surface area contributed by atoms with Gasteiger partial charge in [0.1, 0.15) is 17.5 Å². The molecule has 1 N–H and O–H groups in total. The predicted molar refractivity (Wildman–Crippen MR) is 153 cm³/mol. The molecule has 2 atom stereocenters. The number of rotatable bonds is 8. The van der Waals surface area contributed by atoms with Gasteiger partial charge in [-0.15, -0.1) is 0 Å². The third-order valence-electron chi connectivity index (χ3n) is 7.69. The molecule has 0 aliphatic carbocycles. The van der Waals surface area contributed by atoms with Gasteiger partial charge < -0.3 is 29.5 Å². The normalized spacial score (nSPS) is 18.6. The first kappa shape index (κ1) is 28.1. The maximum Gasteiger partial charge on any atom is 0.256 e. The van der Waals surface area contributed by atoms with Crippen LogP contribution in [-0.4, -0.2) is 96.4 Å². The summed E-state index contributed by atoms with van der Waals surface area (Å²) in [6.07, 6.45) is 3.45. The second-order valence-electron chi connectivity index (χ2n) is 10.2. The summed E-state index contributed by atoms with van der Waals surface area (Å²) in [6, 6.07) is 16.9. The number of pyridine rings is 1. The van der Waals surface area contributed by atoms with Gasteiger partial charge in [-0.05, 0) is 60.5 Å². The molecule has 2 fully saturated rings. The number of carbonyl (C=O) groups is 3. The van der Waals surface area contributed by atoms with Crippen molar-refractivity contribution in [2.75, 3.05) is 46.9 Å². The fourth-order valence-electron chi connectivity index (χ4n) is 5.48. The van der Waals surface area contributed by atoms with Crippen molar-refractivity contribution in [2.24, 2.45) is 0 Å². The molecule has 2 unspecified atom stereocenters. The number of ether oxygens (including phenoxy) is 2. The minimum atomic E-state index is -0.692. The van der Waals surface area contributed by atoms with Gasteiger partial charge in [0, 0.05) is 57.2 Å². The monoisotopic (exact) mass is 557 g/mol. The number of piperazine rings is 1. The van der Waals surface area contributed by atoms with Gasteiger partial charge in [0.25, 0.3) is 11.8 Å². The lowest BCUT2D eigenvalue weighted by Gasteiger charge is -2.32. The van der Waals surface area contributed by atoms with E-state index in [1.807, 2.05) is 29.2 Å². The van der Waals surface area contributed by atoms with Gasteiger partial charge in [-0.2, -0.15) is 0 Å². The van der Waals surface area contributed by atoms with Crippen molar-refractivity contribution in [3.8, 4) is 11.5 Å². The zero-order valence-corrected chi connectivity index (χ0v) is 23.4. The number of benzene rings is 2. The van der Waals surface area contributed by atoms with Gasteiger partial charge in [0.2, 0.25) is 5.91 Å². The highest BCUT2D eigenvalue weighted by atomic mass is 16.5. The molecular weight excluding hydrogens is 522 g/mol. The van der Waals surface area contributed by atoms with E-state index in [1.54, 1.807) is 66.6 Å². The quantitative estimate of drug-likeness (QED) is 0.454. The van der Waals surface area contributed by atoms with Crippen LogP contribution in [0.15, 0.2) is 73.1 Å². The zero-order chi connectivity index (χ0) is 28.8. The van der Waals surface area contributed by atoms with Crippen molar-refractivity contribution >= 4 is 17.7 Å². The van der Waals surface area contributed by atoms with Crippen LogP contribution < -0.4 is 14.8 Å². The fraction of sp³-hybridized carbons (Fsp3) is 0.355. The first-order valence-corrected chi connectivity index (χ1v) is 13.8. The summed E-state index contributed by atoms with van der Waals surface area (Å²) in [7, 11) is 3.18. The number of likely N-dealkylation sites (tertiary alicyclic amines) is 1. The van der Waals surface area contributed by atoms with Crippen molar-refractivity contribution in [1.82, 2.24) is 25.0 Å². The molecule has 3 aromatic rings. The molecule has 2 aliphatic rings. The summed E-state index contributed by atoms with van der Waals surface area (Å²) in [5.41, 5.74) is 1.79. The van der Waals surface area contributed by atoms with Crippen LogP contribution >= 0.6 is 0 Å². The third kappa shape index (κ3) is 6.33. The van der Waals surface area contributed by atoms with Gasteiger partial charge in [-0.1, -0.05) is 12.1 Å². The van der Waals surface area contributed by atoms with Crippen molar-refractivity contribution in [1.29, 1.82) is 0 Å². The van der Waals surface area contributed by atoms with Crippen LogP contribution in [0.3, 0.4) is 0 Å². The Morgan fingerprint density at radius 1 is 0.951 bits per heavy atom. The van der Waals surface area contributed by atoms with Crippen LogP contribution in [0.4, 0.5) is 0 Å². The van der Waals surface area contributed by atoms with Crippen molar-refractivity contribution in [3.05, 3.63) is 89.7 Å². The average Bonchev–Trinajstić information content (AvgIpc) is 3.48. The Morgan fingerprint density at radius 2 is 1.71 bits per heavy atom. The molecule has 10 heteroatoms. The van der Waals surface area contributed by atoms with Crippen LogP contribution in [-0.2, 0) is 11.3 Å². The lowest BCUT2D eigenvalue weighted by Crippen LogP contribution is -2.53. The summed E-state index contributed by atoms with van der Waals surface area (Å²) in [5.74, 6) is 0.781. The van der Waals surface area contributed by atoms with E-state index in [0.29, 0.717) is 55.2 Å². The third-order valence-corrected chi connectivity index (χ3v) is 7.69. The van der Waals surface area contributed by atoms with Crippen molar-refractivity contribution in [3.63, 3.8) is 0 Å². The first-order chi connectivity index (χ1) is 20.0. The lowest BCUT2D eigenvalue weighted by atomic mass is 10.1. The zero-order valence-electron chi connectivity index (χ0n) is 23.4. The van der Waals surface area contributed by atoms with Crippen LogP contribution in [0.5, 0.6) is 11.5 Å². The highest BCUT2D eigenvalue weighted by Crippen LogP contribution is 2.29. The number of nitrogens with zero attached hydrogens (tertiary/aromatic N) is 4. The molecule has 0 bridgehead atoms. The van der Waals surface area contributed by atoms with E-state index in [2.05, 4.69) is 10.3 Å². The summed E-state index contributed by atoms with van der Waals surface area (Å²) in [4.78, 5) is 50.9. The Hall–Kier alpha value is -4.44. The first-order valence-electron chi connectivity index (χ1n) is 13.8. The van der Waals surface area contributed by atoms with Gasteiger partial charge in [0.15, 0.2) is 0 Å². The second kappa shape index (κ2) is 12.8. The van der Waals surface area contributed by atoms with E-state index < -0.39 is 12.1 Å². The molecular formula is C31H35N5O5. The minimum absolute atomic E-state index is 0.0931. The molecule has 214 valence electrons. The van der Waals surface area contributed by atoms with Crippen molar-refractivity contribution < 1.29 is 23.9 Å². The standard InChI is InChI=1S/C31H35N5O5/c1-40-26-10-8-23(9-11-26)29(37)35(20-22-5-3-7-27(17-22)41-2)25-18-28(31(39)34-15-13-32-14-16-34)36(21-25)30(38)24-6-4-12-33-19-24/h3-12,17,19,25,28,32H,13-16,18,20-21H2,1-2H3. The Bertz CT molecular complexity index is 1360. The number of nitrogens with one attached hydrogen (secondary N) is 1. The molecule has 3 heterocycles. The van der Waals surface area contributed by atoms with E-state index in [4.69, 9.17) is 9.47 Å².